The first-order valence-corrected chi connectivity index (χ1v) is 6.15. The Balaban J connectivity index is 2.27. The molecule has 1 N–H and O–H groups in total. The van der Waals surface area contributed by atoms with E-state index in [9.17, 15) is 5.11 Å². The quantitative estimate of drug-likeness (QED) is 0.837. The van der Waals surface area contributed by atoms with Crippen LogP contribution in [0.1, 0.15) is 30.0 Å². The molecular formula is C16H18O. The molecule has 0 aliphatic rings. The van der Waals surface area contributed by atoms with Crippen LogP contribution in [0.5, 0.6) is 5.75 Å². The Morgan fingerprint density at radius 1 is 0.824 bits per heavy atom. The maximum Gasteiger partial charge on any atom is 0.119 e. The standard InChI is InChI=1S/C16H18O/c1-2-7-13-8-3-4-9-14(13)12-15-10-5-6-11-16(15)17/h3-6,8-11,17H,2,7,12H2,1H3. The second-order valence-corrected chi connectivity index (χ2v) is 4.32. The van der Waals surface area contributed by atoms with Gasteiger partial charge in [0.05, 0.1) is 0 Å². The van der Waals surface area contributed by atoms with E-state index in [0.717, 1.165) is 24.8 Å². The summed E-state index contributed by atoms with van der Waals surface area (Å²) in [6.07, 6.45) is 3.06. The van der Waals surface area contributed by atoms with Crippen molar-refractivity contribution in [3.63, 3.8) is 0 Å². The lowest BCUT2D eigenvalue weighted by Crippen LogP contribution is -1.95. The van der Waals surface area contributed by atoms with Crippen LogP contribution in [-0.2, 0) is 12.8 Å². The summed E-state index contributed by atoms with van der Waals surface area (Å²) < 4.78 is 0. The number of benzene rings is 2. The van der Waals surface area contributed by atoms with Crippen LogP contribution in [0.15, 0.2) is 48.5 Å². The summed E-state index contributed by atoms with van der Waals surface area (Å²) in [4.78, 5) is 0. The molecule has 17 heavy (non-hydrogen) atoms. The van der Waals surface area contributed by atoms with Crippen molar-refractivity contribution in [3.05, 3.63) is 65.2 Å². The molecule has 0 aromatic heterocycles. The number of aryl methyl sites for hydroxylation is 1. The molecule has 2 aromatic rings. The lowest BCUT2D eigenvalue weighted by molar-refractivity contribution is 0.469. The van der Waals surface area contributed by atoms with Gasteiger partial charge in [-0.3, -0.25) is 0 Å². The number of hydrogen-bond donors (Lipinski definition) is 1. The van der Waals surface area contributed by atoms with Gasteiger partial charge in [-0.1, -0.05) is 55.8 Å². The number of rotatable bonds is 4. The lowest BCUT2D eigenvalue weighted by Gasteiger charge is -2.09. The van der Waals surface area contributed by atoms with Crippen molar-refractivity contribution in [1.82, 2.24) is 0 Å². The van der Waals surface area contributed by atoms with Crippen molar-refractivity contribution in [1.29, 1.82) is 0 Å². The van der Waals surface area contributed by atoms with E-state index in [0.29, 0.717) is 5.75 Å². The minimum atomic E-state index is 0.388. The number of para-hydroxylation sites is 1. The largest absolute Gasteiger partial charge is 0.508 e. The molecule has 0 fully saturated rings. The predicted octanol–water partition coefficient (Wildman–Crippen LogP) is 3.94. The fourth-order valence-corrected chi connectivity index (χ4v) is 2.11. The number of hydrogen-bond acceptors (Lipinski definition) is 1. The summed E-state index contributed by atoms with van der Waals surface area (Å²) in [7, 11) is 0. The molecule has 1 heteroatoms. The summed E-state index contributed by atoms with van der Waals surface area (Å²) >= 11 is 0. The first kappa shape index (κ1) is 11.7. The smallest absolute Gasteiger partial charge is 0.119 e. The number of aromatic hydroxyl groups is 1. The van der Waals surface area contributed by atoms with Crippen molar-refractivity contribution in [2.45, 2.75) is 26.2 Å². The molecule has 0 saturated carbocycles. The molecular weight excluding hydrogens is 208 g/mol. The van der Waals surface area contributed by atoms with E-state index in [1.54, 1.807) is 6.07 Å². The monoisotopic (exact) mass is 226 g/mol. The van der Waals surface area contributed by atoms with E-state index >= 15 is 0 Å². The maximum absolute atomic E-state index is 9.79. The SMILES string of the molecule is CCCc1ccccc1Cc1ccccc1O. The van der Waals surface area contributed by atoms with Gasteiger partial charge in [0.25, 0.3) is 0 Å². The fraction of sp³-hybridized carbons (Fsp3) is 0.250. The molecule has 2 rings (SSSR count). The van der Waals surface area contributed by atoms with Crippen molar-refractivity contribution in [2.75, 3.05) is 0 Å². The van der Waals surface area contributed by atoms with Gasteiger partial charge in [-0.25, -0.2) is 0 Å². The fourth-order valence-electron chi connectivity index (χ4n) is 2.11. The van der Waals surface area contributed by atoms with Gasteiger partial charge in [0, 0.05) is 6.42 Å². The van der Waals surface area contributed by atoms with Crippen LogP contribution in [-0.4, -0.2) is 5.11 Å². The van der Waals surface area contributed by atoms with Crippen LogP contribution < -0.4 is 0 Å². The molecule has 0 aliphatic carbocycles. The van der Waals surface area contributed by atoms with Gasteiger partial charge in [0.15, 0.2) is 0 Å². The Morgan fingerprint density at radius 2 is 1.41 bits per heavy atom. The highest BCUT2D eigenvalue weighted by atomic mass is 16.3. The molecule has 0 saturated heterocycles. The average molecular weight is 226 g/mol. The minimum Gasteiger partial charge on any atom is -0.508 e. The second-order valence-electron chi connectivity index (χ2n) is 4.32. The van der Waals surface area contributed by atoms with Crippen molar-refractivity contribution in [2.24, 2.45) is 0 Å². The highest BCUT2D eigenvalue weighted by Gasteiger charge is 2.05. The molecule has 0 atom stereocenters. The molecule has 0 bridgehead atoms. The van der Waals surface area contributed by atoms with Crippen LogP contribution in [0.2, 0.25) is 0 Å². The summed E-state index contributed by atoms with van der Waals surface area (Å²) in [6.45, 7) is 2.19. The summed E-state index contributed by atoms with van der Waals surface area (Å²) in [6, 6.07) is 16.0. The van der Waals surface area contributed by atoms with E-state index < -0.39 is 0 Å². The molecule has 0 radical (unpaired) electrons. The lowest BCUT2D eigenvalue weighted by atomic mass is 9.97. The zero-order chi connectivity index (χ0) is 12.1. The molecule has 0 spiro atoms. The van der Waals surface area contributed by atoms with Crippen LogP contribution in [0.3, 0.4) is 0 Å². The highest BCUT2D eigenvalue weighted by Crippen LogP contribution is 2.22. The van der Waals surface area contributed by atoms with Crippen molar-refractivity contribution < 1.29 is 5.11 Å². The zero-order valence-corrected chi connectivity index (χ0v) is 10.2. The van der Waals surface area contributed by atoms with Crippen LogP contribution in [0, 0.1) is 0 Å². The topological polar surface area (TPSA) is 20.2 Å². The number of phenols is 1. The number of phenolic OH excluding ortho intramolecular Hbond substituents is 1. The van der Waals surface area contributed by atoms with Crippen molar-refractivity contribution >= 4 is 0 Å². The average Bonchev–Trinajstić information content (AvgIpc) is 2.35. The van der Waals surface area contributed by atoms with Gasteiger partial charge in [0.1, 0.15) is 5.75 Å². The summed E-state index contributed by atoms with van der Waals surface area (Å²) in [5.74, 6) is 0.388. The van der Waals surface area contributed by atoms with Gasteiger partial charge < -0.3 is 5.11 Å². The summed E-state index contributed by atoms with van der Waals surface area (Å²) in [5.41, 5.74) is 3.70. The highest BCUT2D eigenvalue weighted by molar-refractivity contribution is 5.39. The third kappa shape index (κ3) is 2.88. The molecule has 2 aromatic carbocycles. The molecule has 0 aliphatic heterocycles. The van der Waals surface area contributed by atoms with E-state index in [-0.39, 0.29) is 0 Å². The van der Waals surface area contributed by atoms with E-state index in [2.05, 4.69) is 31.2 Å². The Bertz CT molecular complexity index is 488. The molecule has 88 valence electrons. The Morgan fingerprint density at radius 3 is 2.06 bits per heavy atom. The molecule has 0 amide bonds. The third-order valence-electron chi connectivity index (χ3n) is 3.01. The molecule has 0 unspecified atom stereocenters. The first-order valence-electron chi connectivity index (χ1n) is 6.15. The van der Waals surface area contributed by atoms with E-state index in [1.807, 2.05) is 18.2 Å². The first-order chi connectivity index (χ1) is 8.31. The van der Waals surface area contributed by atoms with Crippen LogP contribution >= 0.6 is 0 Å². The second kappa shape index (κ2) is 5.53. The van der Waals surface area contributed by atoms with Crippen molar-refractivity contribution in [3.8, 4) is 5.75 Å². The Labute approximate surface area is 103 Å². The third-order valence-corrected chi connectivity index (χ3v) is 3.01. The van der Waals surface area contributed by atoms with Gasteiger partial charge in [-0.05, 0) is 29.2 Å². The minimum absolute atomic E-state index is 0.388. The van der Waals surface area contributed by atoms with E-state index in [1.165, 1.54) is 11.1 Å². The predicted molar refractivity (Wildman–Crippen MR) is 71.3 cm³/mol. The Kier molecular flexibility index (Phi) is 3.81. The van der Waals surface area contributed by atoms with Gasteiger partial charge >= 0.3 is 0 Å². The Hall–Kier alpha value is -1.76. The van der Waals surface area contributed by atoms with Gasteiger partial charge in [-0.15, -0.1) is 0 Å². The van der Waals surface area contributed by atoms with Crippen LogP contribution in [0.4, 0.5) is 0 Å². The normalized spacial score (nSPS) is 10.4. The zero-order valence-electron chi connectivity index (χ0n) is 10.2. The van der Waals surface area contributed by atoms with Crippen LogP contribution in [0.25, 0.3) is 0 Å². The van der Waals surface area contributed by atoms with E-state index in [4.69, 9.17) is 0 Å². The molecule has 1 nitrogen and oxygen atoms in total. The summed E-state index contributed by atoms with van der Waals surface area (Å²) in [5, 5.41) is 9.79. The van der Waals surface area contributed by atoms with Gasteiger partial charge in [-0.2, -0.15) is 0 Å². The van der Waals surface area contributed by atoms with Gasteiger partial charge in [0.2, 0.25) is 0 Å². The maximum atomic E-state index is 9.79. The molecule has 0 heterocycles.